The summed E-state index contributed by atoms with van der Waals surface area (Å²) in [5, 5.41) is 6.48. The third-order valence-corrected chi connectivity index (χ3v) is 8.71. The maximum atomic E-state index is 13.6. The Bertz CT molecular complexity index is 1780. The molecule has 2 amide bonds. The Morgan fingerprint density at radius 3 is 1.38 bits per heavy atom. The van der Waals surface area contributed by atoms with Crippen LogP contribution in [0.15, 0.2) is 48.5 Å². The van der Waals surface area contributed by atoms with Crippen LogP contribution >= 0.6 is 0 Å². The standard InChI is InChI=1S/C34H29NO5/c1-2-3-4-5-6-7-8-9-18-35-31(36)23-14-10-19-21-12-16-25-30-26(34(39)40-33(25)38)17-13-22(28(21)30)20-11-15-24(32(35)37)29(23)27(19)20/h10-17H,2-9,18H2,1H3. The van der Waals surface area contributed by atoms with E-state index >= 15 is 0 Å². The van der Waals surface area contributed by atoms with E-state index in [-0.39, 0.29) is 11.8 Å². The molecular formula is C34H29NO5. The average Bonchev–Trinajstić information content (AvgIpc) is 2.96. The molecular weight excluding hydrogens is 502 g/mol. The van der Waals surface area contributed by atoms with Crippen molar-refractivity contribution in [2.45, 2.75) is 58.3 Å². The predicted octanol–water partition coefficient (Wildman–Crippen LogP) is 7.78. The Balaban J connectivity index is 1.30. The monoisotopic (exact) mass is 531 g/mol. The number of fused-ring (bicyclic) bond motifs is 2. The quantitative estimate of drug-likeness (QED) is 0.0484. The van der Waals surface area contributed by atoms with Gasteiger partial charge >= 0.3 is 11.9 Å². The summed E-state index contributed by atoms with van der Waals surface area (Å²) in [6, 6.07) is 14.6. The van der Waals surface area contributed by atoms with Gasteiger partial charge in [0.25, 0.3) is 11.8 Å². The molecule has 2 aliphatic rings. The van der Waals surface area contributed by atoms with E-state index in [1.807, 2.05) is 36.4 Å². The van der Waals surface area contributed by atoms with Crippen molar-refractivity contribution in [3.8, 4) is 0 Å². The third kappa shape index (κ3) is 3.48. The summed E-state index contributed by atoms with van der Waals surface area (Å²) in [7, 11) is 0. The Kier molecular flexibility index (Phi) is 5.81. The molecule has 7 rings (SSSR count). The second-order valence-corrected chi connectivity index (χ2v) is 11.1. The molecule has 5 aromatic carbocycles. The van der Waals surface area contributed by atoms with Crippen LogP contribution in [0.5, 0.6) is 0 Å². The van der Waals surface area contributed by atoms with Gasteiger partial charge in [0.2, 0.25) is 0 Å². The van der Waals surface area contributed by atoms with E-state index in [1.165, 1.54) is 37.0 Å². The SMILES string of the molecule is CCCCCCCCCCN1C(=O)c2ccc3c4ccc5c6c(ccc(c7ccc(c2c37)C1=O)c64)C(=O)OC5=O. The number of ether oxygens (including phenoxy) is 1. The zero-order valence-corrected chi connectivity index (χ0v) is 22.5. The van der Waals surface area contributed by atoms with Crippen LogP contribution < -0.4 is 0 Å². The number of nitrogens with zero attached hydrogens (tertiary/aromatic N) is 1. The number of benzene rings is 5. The van der Waals surface area contributed by atoms with E-state index in [4.69, 9.17) is 4.74 Å². The van der Waals surface area contributed by atoms with E-state index in [0.29, 0.717) is 39.6 Å². The maximum absolute atomic E-state index is 13.6. The van der Waals surface area contributed by atoms with Gasteiger partial charge in [-0.05, 0) is 63.0 Å². The van der Waals surface area contributed by atoms with Crippen molar-refractivity contribution in [2.75, 3.05) is 6.54 Å². The Morgan fingerprint density at radius 2 is 0.900 bits per heavy atom. The van der Waals surface area contributed by atoms with E-state index in [1.54, 1.807) is 12.1 Å². The van der Waals surface area contributed by atoms with Gasteiger partial charge in [0.05, 0.1) is 11.1 Å². The van der Waals surface area contributed by atoms with Crippen LogP contribution in [0.4, 0.5) is 0 Å². The Hall–Kier alpha value is -4.32. The Labute approximate surface area is 231 Å². The van der Waals surface area contributed by atoms with Crippen LogP contribution in [0.3, 0.4) is 0 Å². The summed E-state index contributed by atoms with van der Waals surface area (Å²) in [4.78, 5) is 53.8. The lowest BCUT2D eigenvalue weighted by atomic mass is 9.83. The van der Waals surface area contributed by atoms with Crippen molar-refractivity contribution in [1.29, 1.82) is 0 Å². The van der Waals surface area contributed by atoms with E-state index in [9.17, 15) is 19.2 Å². The summed E-state index contributed by atoms with van der Waals surface area (Å²) in [5.41, 5.74) is 1.82. The molecule has 0 bridgehead atoms. The van der Waals surface area contributed by atoms with Gasteiger partial charge in [-0.2, -0.15) is 0 Å². The van der Waals surface area contributed by atoms with Gasteiger partial charge in [-0.25, -0.2) is 9.59 Å². The molecule has 0 radical (unpaired) electrons. The van der Waals surface area contributed by atoms with Crippen LogP contribution in [0.2, 0.25) is 0 Å². The molecule has 2 aliphatic heterocycles. The van der Waals surface area contributed by atoms with Gasteiger partial charge in [-0.1, -0.05) is 76.1 Å². The number of hydrogen-bond donors (Lipinski definition) is 0. The molecule has 0 atom stereocenters. The van der Waals surface area contributed by atoms with Gasteiger partial charge in [-0.15, -0.1) is 0 Å². The first kappa shape index (κ1) is 24.7. The van der Waals surface area contributed by atoms with Crippen molar-refractivity contribution < 1.29 is 23.9 Å². The number of imide groups is 1. The number of esters is 2. The fourth-order valence-electron chi connectivity index (χ4n) is 6.77. The second-order valence-electron chi connectivity index (χ2n) is 11.1. The van der Waals surface area contributed by atoms with Gasteiger partial charge < -0.3 is 4.74 Å². The fraction of sp³-hybridized carbons (Fsp3) is 0.294. The first-order valence-corrected chi connectivity index (χ1v) is 14.3. The smallest absolute Gasteiger partial charge is 0.346 e. The number of amides is 2. The summed E-state index contributed by atoms with van der Waals surface area (Å²) in [5.74, 6) is -1.78. The van der Waals surface area contributed by atoms with E-state index in [0.717, 1.165) is 51.6 Å². The highest BCUT2D eigenvalue weighted by atomic mass is 16.6. The number of carbonyl (C=O) groups excluding carboxylic acids is 4. The van der Waals surface area contributed by atoms with E-state index in [2.05, 4.69) is 6.92 Å². The third-order valence-electron chi connectivity index (χ3n) is 8.71. The van der Waals surface area contributed by atoms with E-state index < -0.39 is 11.9 Å². The summed E-state index contributed by atoms with van der Waals surface area (Å²) in [6.07, 6.45) is 9.16. The van der Waals surface area contributed by atoms with Crippen molar-refractivity contribution >= 4 is 66.8 Å². The van der Waals surface area contributed by atoms with Gasteiger partial charge in [-0.3, -0.25) is 14.5 Å². The van der Waals surface area contributed by atoms with Crippen LogP contribution in [0, 0.1) is 0 Å². The highest BCUT2D eigenvalue weighted by Gasteiger charge is 2.35. The summed E-state index contributed by atoms with van der Waals surface area (Å²) < 4.78 is 4.95. The minimum Gasteiger partial charge on any atom is -0.386 e. The lowest BCUT2D eigenvalue weighted by molar-refractivity contribution is 0.0390. The van der Waals surface area contributed by atoms with Gasteiger partial charge in [0, 0.05) is 28.4 Å². The van der Waals surface area contributed by atoms with Crippen LogP contribution in [0.25, 0.3) is 43.1 Å². The number of hydrogen-bond acceptors (Lipinski definition) is 5. The molecule has 0 fully saturated rings. The van der Waals surface area contributed by atoms with Crippen molar-refractivity contribution in [3.05, 3.63) is 70.8 Å². The topological polar surface area (TPSA) is 80.8 Å². The lowest BCUT2D eigenvalue weighted by Crippen LogP contribution is -2.40. The summed E-state index contributed by atoms with van der Waals surface area (Å²) >= 11 is 0. The minimum absolute atomic E-state index is 0.242. The van der Waals surface area contributed by atoms with Crippen molar-refractivity contribution in [1.82, 2.24) is 4.90 Å². The highest BCUT2D eigenvalue weighted by Crippen LogP contribution is 2.45. The van der Waals surface area contributed by atoms with Crippen molar-refractivity contribution in [3.63, 3.8) is 0 Å². The van der Waals surface area contributed by atoms with Crippen LogP contribution in [0.1, 0.15) is 99.7 Å². The minimum atomic E-state index is -0.648. The van der Waals surface area contributed by atoms with Crippen LogP contribution in [-0.4, -0.2) is 35.2 Å². The molecule has 0 aromatic heterocycles. The Morgan fingerprint density at radius 1 is 0.500 bits per heavy atom. The second kappa shape index (κ2) is 9.40. The zero-order valence-electron chi connectivity index (χ0n) is 22.5. The van der Waals surface area contributed by atoms with Gasteiger partial charge in [0.15, 0.2) is 0 Å². The number of unbranched alkanes of at least 4 members (excludes halogenated alkanes) is 7. The molecule has 0 spiro atoms. The first-order chi connectivity index (χ1) is 19.5. The zero-order chi connectivity index (χ0) is 27.5. The molecule has 5 aromatic rings. The van der Waals surface area contributed by atoms with Gasteiger partial charge in [0.1, 0.15) is 0 Å². The van der Waals surface area contributed by atoms with Crippen LogP contribution in [-0.2, 0) is 4.74 Å². The maximum Gasteiger partial charge on any atom is 0.346 e. The molecule has 40 heavy (non-hydrogen) atoms. The molecule has 0 saturated heterocycles. The molecule has 0 N–H and O–H groups in total. The average molecular weight is 532 g/mol. The van der Waals surface area contributed by atoms with Crippen molar-refractivity contribution in [2.24, 2.45) is 0 Å². The highest BCUT2D eigenvalue weighted by molar-refractivity contribution is 6.40. The molecule has 0 aliphatic carbocycles. The molecule has 6 heteroatoms. The number of carbonyl (C=O) groups is 4. The number of cyclic esters (lactones) is 2. The largest absolute Gasteiger partial charge is 0.386 e. The normalized spacial score (nSPS) is 14.9. The molecule has 200 valence electrons. The molecule has 0 unspecified atom stereocenters. The fourth-order valence-corrected chi connectivity index (χ4v) is 6.77. The predicted molar refractivity (Wildman–Crippen MR) is 155 cm³/mol. The molecule has 2 heterocycles. The lowest BCUT2D eigenvalue weighted by Gasteiger charge is -2.29. The number of rotatable bonds is 9. The first-order valence-electron chi connectivity index (χ1n) is 14.3. The molecule has 6 nitrogen and oxygen atoms in total. The molecule has 0 saturated carbocycles. The summed E-state index contributed by atoms with van der Waals surface area (Å²) in [6.45, 7) is 2.64.